The fourth-order valence-corrected chi connectivity index (χ4v) is 3.43. The second-order valence-electron chi connectivity index (χ2n) is 7.11. The molecule has 31 heavy (non-hydrogen) atoms. The Balaban J connectivity index is 1.84. The van der Waals surface area contributed by atoms with Crippen LogP contribution in [-0.4, -0.2) is 33.6 Å². The number of hydrogen-bond acceptors (Lipinski definition) is 3. The number of aromatic nitrogens is 1. The molecule has 0 aliphatic heterocycles. The summed E-state index contributed by atoms with van der Waals surface area (Å²) < 4.78 is 52.4. The number of pyridine rings is 1. The molecule has 1 N–H and O–H groups in total. The first-order valence-electron chi connectivity index (χ1n) is 9.23. The van der Waals surface area contributed by atoms with E-state index in [4.69, 9.17) is 23.2 Å². The molecular weight excluding hydrogens is 461 g/mol. The summed E-state index contributed by atoms with van der Waals surface area (Å²) in [5.41, 5.74) is -0.437. The Kier molecular flexibility index (Phi) is 7.06. The molecule has 1 heterocycles. The van der Waals surface area contributed by atoms with Crippen molar-refractivity contribution in [2.75, 3.05) is 11.2 Å². The molecule has 1 aromatic carbocycles. The number of anilines is 1. The van der Waals surface area contributed by atoms with Gasteiger partial charge in [0, 0.05) is 12.7 Å². The van der Waals surface area contributed by atoms with Crippen LogP contribution in [0.5, 0.6) is 0 Å². The van der Waals surface area contributed by atoms with Crippen molar-refractivity contribution >= 4 is 40.8 Å². The fraction of sp³-hybridized carbons (Fsp3) is 0.350. The van der Waals surface area contributed by atoms with Gasteiger partial charge in [0.25, 0.3) is 0 Å². The summed E-state index contributed by atoms with van der Waals surface area (Å²) in [6.45, 7) is -0.130. The summed E-state index contributed by atoms with van der Waals surface area (Å²) in [5.74, 6) is -3.03. The number of rotatable bonds is 7. The van der Waals surface area contributed by atoms with E-state index in [2.05, 4.69) is 10.3 Å². The second-order valence-corrected chi connectivity index (χ2v) is 7.81. The normalized spacial score (nSPS) is 14.8. The Morgan fingerprint density at radius 1 is 1.23 bits per heavy atom. The van der Waals surface area contributed by atoms with Crippen LogP contribution in [0, 0.1) is 11.7 Å². The second kappa shape index (κ2) is 9.40. The maximum atomic E-state index is 14.0. The Morgan fingerprint density at radius 3 is 2.39 bits per heavy atom. The highest BCUT2D eigenvalue weighted by molar-refractivity contribution is 6.30. The third-order valence-electron chi connectivity index (χ3n) is 4.79. The maximum absolute atomic E-state index is 14.0. The van der Waals surface area contributed by atoms with Crippen LogP contribution in [0.3, 0.4) is 0 Å². The van der Waals surface area contributed by atoms with Crippen LogP contribution in [0.1, 0.15) is 24.0 Å². The number of benzene rings is 1. The van der Waals surface area contributed by atoms with Gasteiger partial charge in [-0.25, -0.2) is 9.37 Å². The molecule has 0 radical (unpaired) electrons. The monoisotopic (exact) mass is 477 g/mol. The Hall–Kier alpha value is -2.39. The van der Waals surface area contributed by atoms with Crippen molar-refractivity contribution in [1.29, 1.82) is 0 Å². The molecule has 1 aliphatic carbocycles. The summed E-state index contributed by atoms with van der Waals surface area (Å²) in [6.07, 6.45) is -2.01. The van der Waals surface area contributed by atoms with E-state index in [0.29, 0.717) is 18.4 Å². The molecule has 1 unspecified atom stereocenters. The maximum Gasteiger partial charge on any atom is 0.416 e. The number of carbonyl (C=O) groups excluding carboxylic acids is 2. The molecule has 2 aromatic rings. The van der Waals surface area contributed by atoms with E-state index in [1.165, 1.54) is 17.0 Å². The summed E-state index contributed by atoms with van der Waals surface area (Å²) >= 11 is 11.4. The molecule has 3 rings (SSSR count). The molecule has 11 heteroatoms. The van der Waals surface area contributed by atoms with Crippen LogP contribution in [-0.2, 0) is 22.3 Å². The van der Waals surface area contributed by atoms with Gasteiger partial charge >= 0.3 is 6.18 Å². The molecule has 2 amide bonds. The molecule has 1 atom stereocenters. The lowest BCUT2D eigenvalue weighted by Gasteiger charge is -2.31. The summed E-state index contributed by atoms with van der Waals surface area (Å²) in [7, 11) is 0. The highest BCUT2D eigenvalue weighted by atomic mass is 35.5. The van der Waals surface area contributed by atoms with Gasteiger partial charge in [-0.15, -0.1) is 11.6 Å². The zero-order valence-corrected chi connectivity index (χ0v) is 17.4. The molecule has 5 nitrogen and oxygen atoms in total. The quantitative estimate of drug-likeness (QED) is 0.456. The van der Waals surface area contributed by atoms with Crippen LogP contribution >= 0.6 is 23.2 Å². The average molecular weight is 478 g/mol. The zero-order chi connectivity index (χ0) is 22.8. The highest BCUT2D eigenvalue weighted by Crippen LogP contribution is 2.37. The van der Waals surface area contributed by atoms with Gasteiger partial charge in [0.05, 0.1) is 10.6 Å². The van der Waals surface area contributed by atoms with Gasteiger partial charge in [-0.05, 0) is 42.5 Å². The standard InChI is InChI=1S/C20H17Cl2F4N3O2/c21-8-16(30)29(10-11-1-5-13(6-2-11)20(24,25)26)17(12-3-4-12)19(31)28-18-15(23)7-14(22)9-27-18/h1-2,5-7,9,12,17H,3-4,8,10H2,(H,27,28,31). The van der Waals surface area contributed by atoms with Crippen molar-refractivity contribution in [2.45, 2.75) is 31.6 Å². The SMILES string of the molecule is O=C(Nc1ncc(Cl)cc1F)C(C1CC1)N(Cc1ccc(C(F)(F)F)cc1)C(=O)CCl. The van der Waals surface area contributed by atoms with E-state index in [1.54, 1.807) is 0 Å². The van der Waals surface area contributed by atoms with E-state index in [-0.39, 0.29) is 23.3 Å². The largest absolute Gasteiger partial charge is 0.416 e. The first-order valence-corrected chi connectivity index (χ1v) is 10.1. The van der Waals surface area contributed by atoms with Crippen molar-refractivity contribution in [3.05, 3.63) is 58.5 Å². The van der Waals surface area contributed by atoms with E-state index < -0.39 is 41.3 Å². The summed E-state index contributed by atoms with van der Waals surface area (Å²) in [5, 5.41) is 2.42. The van der Waals surface area contributed by atoms with Crippen molar-refractivity contribution in [3.8, 4) is 0 Å². The van der Waals surface area contributed by atoms with Crippen LogP contribution < -0.4 is 5.32 Å². The molecule has 1 saturated carbocycles. The van der Waals surface area contributed by atoms with E-state index in [9.17, 15) is 27.2 Å². The molecule has 1 aliphatic rings. The van der Waals surface area contributed by atoms with Gasteiger partial charge in [-0.2, -0.15) is 13.2 Å². The minimum Gasteiger partial charge on any atom is -0.325 e. The van der Waals surface area contributed by atoms with Gasteiger partial charge in [0.1, 0.15) is 11.9 Å². The van der Waals surface area contributed by atoms with Crippen molar-refractivity contribution in [1.82, 2.24) is 9.88 Å². The number of hydrogen-bond donors (Lipinski definition) is 1. The third-order valence-corrected chi connectivity index (χ3v) is 5.23. The van der Waals surface area contributed by atoms with Gasteiger partial charge in [-0.1, -0.05) is 23.7 Å². The molecule has 0 spiro atoms. The number of alkyl halides is 4. The lowest BCUT2D eigenvalue weighted by molar-refractivity contribution is -0.138. The van der Waals surface area contributed by atoms with Crippen molar-refractivity contribution < 1.29 is 27.2 Å². The van der Waals surface area contributed by atoms with Crippen LogP contribution in [0.15, 0.2) is 36.5 Å². The molecular formula is C20H17Cl2F4N3O2. The zero-order valence-electron chi connectivity index (χ0n) is 15.9. The average Bonchev–Trinajstić information content (AvgIpc) is 3.54. The Labute approximate surface area is 185 Å². The van der Waals surface area contributed by atoms with E-state index in [0.717, 1.165) is 24.4 Å². The first kappa shape index (κ1) is 23.3. The number of nitrogens with zero attached hydrogens (tertiary/aromatic N) is 2. The first-order chi connectivity index (χ1) is 14.6. The summed E-state index contributed by atoms with van der Waals surface area (Å²) in [6, 6.07) is 4.28. The number of halogens is 6. The van der Waals surface area contributed by atoms with Crippen molar-refractivity contribution in [3.63, 3.8) is 0 Å². The van der Waals surface area contributed by atoms with Crippen LogP contribution in [0.25, 0.3) is 0 Å². The minimum atomic E-state index is -4.49. The molecule has 0 bridgehead atoms. The van der Waals surface area contributed by atoms with Gasteiger partial charge in [0.2, 0.25) is 11.8 Å². The Morgan fingerprint density at radius 2 is 1.87 bits per heavy atom. The lowest BCUT2D eigenvalue weighted by atomic mass is 10.1. The van der Waals surface area contributed by atoms with Gasteiger partial charge in [-0.3, -0.25) is 9.59 Å². The predicted molar refractivity (Wildman–Crippen MR) is 107 cm³/mol. The minimum absolute atomic E-state index is 0.0514. The highest BCUT2D eigenvalue weighted by Gasteiger charge is 2.42. The topological polar surface area (TPSA) is 62.3 Å². The molecule has 1 fully saturated rings. The van der Waals surface area contributed by atoms with E-state index in [1.807, 2.05) is 0 Å². The van der Waals surface area contributed by atoms with Crippen LogP contribution in [0.4, 0.5) is 23.4 Å². The van der Waals surface area contributed by atoms with Crippen molar-refractivity contribution in [2.24, 2.45) is 5.92 Å². The van der Waals surface area contributed by atoms with Gasteiger partial charge < -0.3 is 10.2 Å². The molecule has 166 valence electrons. The lowest BCUT2D eigenvalue weighted by Crippen LogP contribution is -2.49. The van der Waals surface area contributed by atoms with Gasteiger partial charge in [0.15, 0.2) is 11.6 Å². The van der Waals surface area contributed by atoms with E-state index >= 15 is 0 Å². The van der Waals surface area contributed by atoms with Crippen LogP contribution in [0.2, 0.25) is 5.02 Å². The molecule has 1 aromatic heterocycles. The molecule has 0 saturated heterocycles. The third kappa shape index (κ3) is 5.86. The predicted octanol–water partition coefficient (Wildman–Crippen LogP) is 4.88. The fourth-order valence-electron chi connectivity index (χ4n) is 3.13. The number of nitrogens with one attached hydrogen (secondary N) is 1. The number of carbonyl (C=O) groups is 2. The Bertz CT molecular complexity index is 966. The number of amides is 2. The summed E-state index contributed by atoms with van der Waals surface area (Å²) in [4.78, 5) is 30.4. The smallest absolute Gasteiger partial charge is 0.325 e.